The Labute approximate surface area is 40.1 Å². The molecule has 0 saturated carbocycles. The average Bonchev–Trinajstić information content (AvgIpc) is 1.91. The summed E-state index contributed by atoms with van der Waals surface area (Å²) in [6.45, 7) is 0. The molecule has 1 aliphatic heterocycles. The number of hydrogen-bond donors (Lipinski definition) is 1. The highest BCUT2D eigenvalue weighted by Crippen LogP contribution is 1.93. The van der Waals surface area contributed by atoms with Crippen molar-refractivity contribution in [2.75, 3.05) is 0 Å². The molecule has 0 spiro atoms. The van der Waals surface area contributed by atoms with Crippen LogP contribution in [0.5, 0.6) is 0 Å². The molecule has 0 saturated heterocycles. The van der Waals surface area contributed by atoms with Gasteiger partial charge in [0.1, 0.15) is 5.71 Å². The van der Waals surface area contributed by atoms with Crippen molar-refractivity contribution in [2.24, 2.45) is 0 Å². The molecule has 0 bridgehead atoms. The summed E-state index contributed by atoms with van der Waals surface area (Å²) in [5.41, 5.74) is -0.0833. The summed E-state index contributed by atoms with van der Waals surface area (Å²) in [6.07, 6.45) is 2.51. The molecule has 1 heterocycles. The van der Waals surface area contributed by atoms with Gasteiger partial charge in [-0.2, -0.15) is 0 Å². The zero-order valence-electron chi connectivity index (χ0n) is 3.47. The predicted molar refractivity (Wildman–Crippen MR) is 23.0 cm³/mol. The number of nitrogens with one attached hydrogen (secondary N) is 1. The first-order chi connectivity index (χ1) is 3.30. The number of cyclic esters (lactones) is 1. The molecule has 0 aliphatic carbocycles. The van der Waals surface area contributed by atoms with Gasteiger partial charge in [-0.3, -0.25) is 5.41 Å². The Bertz CT molecular complexity index is 148. The average molecular weight is 97.1 g/mol. The second kappa shape index (κ2) is 1.18. The van der Waals surface area contributed by atoms with Gasteiger partial charge in [-0.1, -0.05) is 0 Å². The number of esters is 1. The summed E-state index contributed by atoms with van der Waals surface area (Å²) in [5.74, 6) is -0.569. The van der Waals surface area contributed by atoms with E-state index in [1.165, 1.54) is 12.3 Å². The van der Waals surface area contributed by atoms with Gasteiger partial charge in [0, 0.05) is 6.08 Å². The number of hydrogen-bond acceptors (Lipinski definition) is 3. The van der Waals surface area contributed by atoms with Gasteiger partial charge in [0.15, 0.2) is 0 Å². The lowest BCUT2D eigenvalue weighted by Gasteiger charge is -1.80. The molecule has 0 aromatic carbocycles. The van der Waals surface area contributed by atoms with E-state index in [4.69, 9.17) is 5.41 Å². The Morgan fingerprint density at radius 1 is 1.71 bits per heavy atom. The van der Waals surface area contributed by atoms with Crippen LogP contribution in [0.25, 0.3) is 0 Å². The zero-order chi connectivity index (χ0) is 5.28. The largest absolute Gasteiger partial charge is 0.430 e. The van der Waals surface area contributed by atoms with E-state index >= 15 is 0 Å². The van der Waals surface area contributed by atoms with E-state index in [-0.39, 0.29) is 5.71 Å². The predicted octanol–water partition coefficient (Wildman–Crippen LogP) is 0.0767. The third-order valence-corrected chi connectivity index (χ3v) is 0.630. The molecule has 1 N–H and O–H groups in total. The molecule has 0 radical (unpaired) electrons. The van der Waals surface area contributed by atoms with E-state index in [9.17, 15) is 4.79 Å². The first-order valence-electron chi connectivity index (χ1n) is 1.77. The van der Waals surface area contributed by atoms with Gasteiger partial charge in [-0.05, 0) is 0 Å². The molecule has 0 atom stereocenters. The molecule has 0 amide bonds. The Morgan fingerprint density at radius 2 is 2.43 bits per heavy atom. The number of carbonyl (C=O) groups excluding carboxylic acids is 1. The van der Waals surface area contributed by atoms with Crippen LogP contribution in [0.3, 0.4) is 0 Å². The van der Waals surface area contributed by atoms with Crippen molar-refractivity contribution in [1.29, 1.82) is 5.41 Å². The standard InChI is InChI=1S/C4H3NO2/c5-3-1-2-7-4(3)6/h1-2,5H. The fourth-order valence-electron chi connectivity index (χ4n) is 0.295. The third-order valence-electron chi connectivity index (χ3n) is 0.630. The van der Waals surface area contributed by atoms with Crippen LogP contribution < -0.4 is 0 Å². The summed E-state index contributed by atoms with van der Waals surface area (Å²) in [4.78, 5) is 10.1. The summed E-state index contributed by atoms with van der Waals surface area (Å²) in [7, 11) is 0. The maximum atomic E-state index is 10.1. The molecule has 1 rings (SSSR count). The van der Waals surface area contributed by atoms with Crippen LogP contribution in [0.1, 0.15) is 0 Å². The highest BCUT2D eigenvalue weighted by atomic mass is 16.5. The first kappa shape index (κ1) is 4.05. The molecule has 0 fully saturated rings. The molecule has 36 valence electrons. The highest BCUT2D eigenvalue weighted by molar-refractivity contribution is 6.41. The minimum atomic E-state index is -0.569. The van der Waals surface area contributed by atoms with E-state index in [0.29, 0.717) is 0 Å². The van der Waals surface area contributed by atoms with Crippen LogP contribution in [0, 0.1) is 5.41 Å². The lowest BCUT2D eigenvalue weighted by molar-refractivity contribution is -0.129. The maximum absolute atomic E-state index is 10.1. The number of carbonyl (C=O) groups is 1. The van der Waals surface area contributed by atoms with Crippen molar-refractivity contribution in [3.63, 3.8) is 0 Å². The van der Waals surface area contributed by atoms with Crippen molar-refractivity contribution in [2.45, 2.75) is 0 Å². The van der Waals surface area contributed by atoms with Crippen LogP contribution in [0.2, 0.25) is 0 Å². The van der Waals surface area contributed by atoms with Gasteiger partial charge in [-0.25, -0.2) is 4.79 Å². The van der Waals surface area contributed by atoms with Gasteiger partial charge < -0.3 is 4.74 Å². The van der Waals surface area contributed by atoms with E-state index in [1.54, 1.807) is 0 Å². The van der Waals surface area contributed by atoms with Crippen molar-refractivity contribution >= 4 is 11.7 Å². The Morgan fingerprint density at radius 3 is 2.57 bits per heavy atom. The minimum absolute atomic E-state index is 0.0833. The van der Waals surface area contributed by atoms with Gasteiger partial charge in [-0.15, -0.1) is 0 Å². The summed E-state index contributed by atoms with van der Waals surface area (Å²) in [6, 6.07) is 0. The second-order valence-electron chi connectivity index (χ2n) is 1.12. The van der Waals surface area contributed by atoms with Crippen LogP contribution in [-0.4, -0.2) is 11.7 Å². The monoisotopic (exact) mass is 97.0 g/mol. The molecular formula is C4H3NO2. The topological polar surface area (TPSA) is 50.1 Å². The SMILES string of the molecule is N=C1C=COC1=O. The molecule has 0 aromatic heterocycles. The number of rotatable bonds is 0. The lowest BCUT2D eigenvalue weighted by atomic mass is 10.4. The van der Waals surface area contributed by atoms with Crippen molar-refractivity contribution in [3.8, 4) is 0 Å². The number of ether oxygens (including phenoxy) is 1. The molecule has 3 heteroatoms. The van der Waals surface area contributed by atoms with Crippen molar-refractivity contribution < 1.29 is 9.53 Å². The van der Waals surface area contributed by atoms with Crippen molar-refractivity contribution in [3.05, 3.63) is 12.3 Å². The molecule has 0 unspecified atom stereocenters. The normalized spacial score (nSPS) is 17.7. The third kappa shape index (κ3) is 0.513. The fraction of sp³-hybridized carbons (Fsp3) is 0. The molecule has 7 heavy (non-hydrogen) atoms. The smallest absolute Gasteiger partial charge is 0.361 e. The molecule has 0 aromatic rings. The van der Waals surface area contributed by atoms with Crippen molar-refractivity contribution in [1.82, 2.24) is 0 Å². The second-order valence-corrected chi connectivity index (χ2v) is 1.12. The van der Waals surface area contributed by atoms with E-state index < -0.39 is 5.97 Å². The summed E-state index contributed by atoms with van der Waals surface area (Å²) < 4.78 is 4.22. The van der Waals surface area contributed by atoms with Crippen LogP contribution in [0.4, 0.5) is 0 Å². The Kier molecular flexibility index (Phi) is 0.685. The van der Waals surface area contributed by atoms with Gasteiger partial charge >= 0.3 is 5.97 Å². The zero-order valence-corrected chi connectivity index (χ0v) is 3.47. The van der Waals surface area contributed by atoms with Gasteiger partial charge in [0.2, 0.25) is 0 Å². The molecule has 3 nitrogen and oxygen atoms in total. The minimum Gasteiger partial charge on any atom is -0.430 e. The molecular weight excluding hydrogens is 94.0 g/mol. The first-order valence-corrected chi connectivity index (χ1v) is 1.77. The van der Waals surface area contributed by atoms with Crippen LogP contribution >= 0.6 is 0 Å². The molecule has 1 aliphatic rings. The summed E-state index contributed by atoms with van der Waals surface area (Å²) >= 11 is 0. The fourth-order valence-corrected chi connectivity index (χ4v) is 0.295. The van der Waals surface area contributed by atoms with E-state index in [2.05, 4.69) is 4.74 Å². The van der Waals surface area contributed by atoms with Crippen LogP contribution in [-0.2, 0) is 9.53 Å². The Balaban J connectivity index is 2.81. The van der Waals surface area contributed by atoms with Gasteiger partial charge in [0.05, 0.1) is 6.26 Å². The lowest BCUT2D eigenvalue weighted by Crippen LogP contribution is -2.03. The summed E-state index contributed by atoms with van der Waals surface area (Å²) in [5, 5.41) is 6.69. The van der Waals surface area contributed by atoms with Crippen LogP contribution in [0.15, 0.2) is 12.3 Å². The highest BCUT2D eigenvalue weighted by Gasteiger charge is 2.10. The quantitative estimate of drug-likeness (QED) is 0.435. The van der Waals surface area contributed by atoms with E-state index in [1.807, 2.05) is 0 Å². The van der Waals surface area contributed by atoms with Gasteiger partial charge in [0.25, 0.3) is 0 Å². The Hall–Kier alpha value is -1.12. The van der Waals surface area contributed by atoms with E-state index in [0.717, 1.165) is 0 Å². The maximum Gasteiger partial charge on any atom is 0.361 e.